The Kier molecular flexibility index (Phi) is 4.58. The second-order valence-electron chi connectivity index (χ2n) is 3.22. The minimum absolute atomic E-state index is 0.320. The Bertz CT molecular complexity index is 309. The number of allylic oxidation sites excluding steroid dienone is 3. The lowest BCUT2D eigenvalue weighted by molar-refractivity contribution is 0.228. The summed E-state index contributed by atoms with van der Waals surface area (Å²) in [6.45, 7) is 4.23. The molecule has 1 aliphatic rings. The quantitative estimate of drug-likeness (QED) is 0.738. The third-order valence-corrected chi connectivity index (χ3v) is 3.85. The van der Waals surface area contributed by atoms with Crippen LogP contribution in [0.25, 0.3) is 0 Å². The van der Waals surface area contributed by atoms with Gasteiger partial charge in [-0.3, -0.25) is 4.57 Å². The molecule has 0 unspecified atom stereocenters. The van der Waals surface area contributed by atoms with Crippen molar-refractivity contribution in [1.29, 1.82) is 0 Å². The van der Waals surface area contributed by atoms with Crippen molar-refractivity contribution < 1.29 is 18.7 Å². The third-order valence-electron chi connectivity index (χ3n) is 1.96. The van der Waals surface area contributed by atoms with Crippen molar-refractivity contribution in [2.75, 3.05) is 13.2 Å². The van der Waals surface area contributed by atoms with Gasteiger partial charge in [0.15, 0.2) is 0 Å². The normalized spacial score (nSPS) is 19.6. The van der Waals surface area contributed by atoms with E-state index < -0.39 is 7.60 Å². The molecular weight excluding hydrogens is 215 g/mol. The molecule has 86 valence electrons. The fourth-order valence-corrected chi connectivity index (χ4v) is 2.96. The monoisotopic (exact) mass is 232 g/mol. The maximum Gasteiger partial charge on any atom is 0.354 e. The molecule has 0 amide bonds. The molecule has 0 saturated heterocycles. The first-order valence-electron chi connectivity index (χ1n) is 5.09. The molecule has 0 heterocycles. The lowest BCUT2D eigenvalue weighted by Gasteiger charge is -2.13. The van der Waals surface area contributed by atoms with Gasteiger partial charge in [-0.05, 0) is 31.9 Å². The number of rotatable bonds is 5. The van der Waals surface area contributed by atoms with Crippen LogP contribution in [0.5, 0.6) is 0 Å². The fourth-order valence-electron chi connectivity index (χ4n) is 1.41. The minimum Gasteiger partial charge on any atom is -0.512 e. The summed E-state index contributed by atoms with van der Waals surface area (Å²) in [5, 5.41) is 9.21. The molecule has 0 aromatic carbocycles. The van der Waals surface area contributed by atoms with E-state index in [4.69, 9.17) is 9.05 Å². The van der Waals surface area contributed by atoms with E-state index in [1.165, 1.54) is 5.82 Å². The molecule has 0 atom stereocenters. The molecule has 5 heteroatoms. The molecule has 15 heavy (non-hydrogen) atoms. The first kappa shape index (κ1) is 12.5. The van der Waals surface area contributed by atoms with Gasteiger partial charge in [0.1, 0.15) is 0 Å². The van der Waals surface area contributed by atoms with Gasteiger partial charge in [-0.2, -0.15) is 0 Å². The van der Waals surface area contributed by atoms with Crippen LogP contribution < -0.4 is 0 Å². The molecule has 0 aliphatic heterocycles. The van der Waals surface area contributed by atoms with Crippen LogP contribution in [-0.4, -0.2) is 18.3 Å². The second kappa shape index (κ2) is 5.50. The van der Waals surface area contributed by atoms with Crippen LogP contribution in [0, 0.1) is 0 Å². The van der Waals surface area contributed by atoms with Gasteiger partial charge in [-0.25, -0.2) is 0 Å². The van der Waals surface area contributed by atoms with E-state index in [1.54, 1.807) is 19.9 Å². The molecule has 1 N–H and O–H groups in total. The zero-order valence-electron chi connectivity index (χ0n) is 9.10. The van der Waals surface area contributed by atoms with E-state index in [2.05, 4.69) is 0 Å². The average Bonchev–Trinajstić information content (AvgIpc) is 2.51. The van der Waals surface area contributed by atoms with Gasteiger partial charge in [0, 0.05) is 12.2 Å². The van der Waals surface area contributed by atoms with Crippen molar-refractivity contribution >= 4 is 7.60 Å². The van der Waals surface area contributed by atoms with E-state index in [9.17, 15) is 9.67 Å². The lowest BCUT2D eigenvalue weighted by Crippen LogP contribution is -1.93. The first-order chi connectivity index (χ1) is 7.09. The Morgan fingerprint density at radius 3 is 2.40 bits per heavy atom. The summed E-state index contributed by atoms with van der Waals surface area (Å²) in [6.07, 6.45) is 2.91. The molecule has 0 bridgehead atoms. The zero-order chi connectivity index (χ0) is 11.3. The Morgan fingerprint density at radius 2 is 2.00 bits per heavy atom. The van der Waals surface area contributed by atoms with Crippen LogP contribution in [0.2, 0.25) is 0 Å². The highest BCUT2D eigenvalue weighted by Gasteiger charge is 2.22. The summed E-state index contributed by atoms with van der Waals surface area (Å²) in [4.78, 5) is 0. The van der Waals surface area contributed by atoms with Crippen LogP contribution in [-0.2, 0) is 13.6 Å². The summed E-state index contributed by atoms with van der Waals surface area (Å²) in [5.74, 6) is 1.82. The standard InChI is InChI=1S/C10H17O4P/c1-3-13-15(12,14-4-2)8-9-5-6-10(11)7-9/h7-8,11H,3-6H2,1-2H3/b9-8+. The molecule has 0 radical (unpaired) electrons. The zero-order valence-corrected chi connectivity index (χ0v) is 10.00. The Labute approximate surface area is 90.1 Å². The van der Waals surface area contributed by atoms with Crippen molar-refractivity contribution in [1.82, 2.24) is 0 Å². The average molecular weight is 232 g/mol. The van der Waals surface area contributed by atoms with Crippen molar-refractivity contribution in [2.45, 2.75) is 26.7 Å². The summed E-state index contributed by atoms with van der Waals surface area (Å²) in [5.41, 5.74) is 0.817. The SMILES string of the molecule is CCOP(=O)(/C=C1/C=C(O)CC1)OCC. The van der Waals surface area contributed by atoms with E-state index in [-0.39, 0.29) is 0 Å². The second-order valence-corrected chi connectivity index (χ2v) is 5.07. The topological polar surface area (TPSA) is 55.8 Å². The maximum atomic E-state index is 12.0. The van der Waals surface area contributed by atoms with Crippen LogP contribution in [0.15, 0.2) is 23.2 Å². The Balaban J connectivity index is 2.78. The highest BCUT2D eigenvalue weighted by Crippen LogP contribution is 2.51. The maximum absolute atomic E-state index is 12.0. The first-order valence-corrected chi connectivity index (χ1v) is 6.71. The molecule has 0 spiro atoms. The highest BCUT2D eigenvalue weighted by molar-refractivity contribution is 7.57. The van der Waals surface area contributed by atoms with Gasteiger partial charge in [0.2, 0.25) is 0 Å². The summed E-state index contributed by atoms with van der Waals surface area (Å²) in [7, 11) is -3.11. The van der Waals surface area contributed by atoms with Crippen LogP contribution >= 0.6 is 7.60 Å². The number of aliphatic hydroxyl groups is 1. The van der Waals surface area contributed by atoms with Crippen molar-refractivity contribution in [3.05, 3.63) is 23.2 Å². The summed E-state index contributed by atoms with van der Waals surface area (Å²) in [6, 6.07) is 0. The van der Waals surface area contributed by atoms with Gasteiger partial charge >= 0.3 is 7.60 Å². The molecule has 1 aliphatic carbocycles. The predicted octanol–water partition coefficient (Wildman–Crippen LogP) is 3.37. The van der Waals surface area contributed by atoms with Gasteiger partial charge in [0.05, 0.1) is 19.0 Å². The van der Waals surface area contributed by atoms with E-state index in [0.717, 1.165) is 5.57 Å². The summed E-state index contributed by atoms with van der Waals surface area (Å²) < 4.78 is 22.3. The third kappa shape index (κ3) is 3.82. The fraction of sp³-hybridized carbons (Fsp3) is 0.600. The highest BCUT2D eigenvalue weighted by atomic mass is 31.2. The van der Waals surface area contributed by atoms with Gasteiger partial charge < -0.3 is 14.2 Å². The molecular formula is C10H17O4P. The van der Waals surface area contributed by atoms with E-state index in [0.29, 0.717) is 31.8 Å². The molecule has 1 rings (SSSR count). The minimum atomic E-state index is -3.11. The number of aliphatic hydroxyl groups excluding tert-OH is 1. The molecule has 4 nitrogen and oxygen atoms in total. The Hall–Kier alpha value is -0.570. The molecule has 0 aromatic heterocycles. The van der Waals surface area contributed by atoms with Crippen LogP contribution in [0.3, 0.4) is 0 Å². The number of hydrogen-bond donors (Lipinski definition) is 1. The smallest absolute Gasteiger partial charge is 0.354 e. The van der Waals surface area contributed by atoms with Crippen LogP contribution in [0.4, 0.5) is 0 Å². The van der Waals surface area contributed by atoms with Gasteiger partial charge in [0.25, 0.3) is 0 Å². The molecule has 0 aromatic rings. The summed E-state index contributed by atoms with van der Waals surface area (Å²) >= 11 is 0. The molecule has 0 saturated carbocycles. The number of hydrogen-bond acceptors (Lipinski definition) is 4. The lowest BCUT2D eigenvalue weighted by atomic mass is 10.3. The largest absolute Gasteiger partial charge is 0.512 e. The van der Waals surface area contributed by atoms with E-state index >= 15 is 0 Å². The Morgan fingerprint density at radius 1 is 1.40 bits per heavy atom. The molecule has 0 fully saturated rings. The van der Waals surface area contributed by atoms with E-state index in [1.807, 2.05) is 0 Å². The van der Waals surface area contributed by atoms with Gasteiger partial charge in [-0.1, -0.05) is 0 Å². The van der Waals surface area contributed by atoms with Crippen molar-refractivity contribution in [2.24, 2.45) is 0 Å². The van der Waals surface area contributed by atoms with Crippen molar-refractivity contribution in [3.63, 3.8) is 0 Å². The van der Waals surface area contributed by atoms with Crippen molar-refractivity contribution in [3.8, 4) is 0 Å². The van der Waals surface area contributed by atoms with Gasteiger partial charge in [-0.15, -0.1) is 0 Å². The predicted molar refractivity (Wildman–Crippen MR) is 58.9 cm³/mol. The van der Waals surface area contributed by atoms with Crippen LogP contribution in [0.1, 0.15) is 26.7 Å².